The highest BCUT2D eigenvalue weighted by Gasteiger charge is 2.19. The largest absolute Gasteiger partial charge is 0.375 e. The third kappa shape index (κ3) is 2.96. The Morgan fingerprint density at radius 2 is 1.88 bits per heavy atom. The summed E-state index contributed by atoms with van der Waals surface area (Å²) < 4.78 is 27.8. The van der Waals surface area contributed by atoms with Crippen LogP contribution in [0.4, 0.5) is 14.5 Å². The molecule has 0 unspecified atom stereocenters. The van der Waals surface area contributed by atoms with E-state index >= 15 is 0 Å². The molecule has 4 nitrogen and oxygen atoms in total. The van der Waals surface area contributed by atoms with Gasteiger partial charge in [0.1, 0.15) is 23.3 Å². The van der Waals surface area contributed by atoms with Gasteiger partial charge in [-0.15, -0.1) is 0 Å². The average molecular weight is 339 g/mol. The summed E-state index contributed by atoms with van der Waals surface area (Å²) in [5, 5.41) is 9.14. The van der Waals surface area contributed by atoms with E-state index in [1.165, 1.54) is 18.3 Å². The molecule has 0 saturated heterocycles. The highest BCUT2D eigenvalue weighted by atomic mass is 19.1. The molecule has 25 heavy (non-hydrogen) atoms. The molecule has 0 bridgehead atoms. The summed E-state index contributed by atoms with van der Waals surface area (Å²) in [7, 11) is 3.42. The van der Waals surface area contributed by atoms with Gasteiger partial charge in [0.05, 0.1) is 16.6 Å². The number of halogens is 2. The number of aromatic amines is 1. The Hall–Kier alpha value is -3.20. The summed E-state index contributed by atoms with van der Waals surface area (Å²) in [6, 6.07) is 8.86. The van der Waals surface area contributed by atoms with Crippen molar-refractivity contribution in [1.82, 2.24) is 4.98 Å². The van der Waals surface area contributed by atoms with Gasteiger partial charge in [-0.1, -0.05) is 12.1 Å². The highest BCUT2D eigenvalue weighted by Crippen LogP contribution is 2.31. The van der Waals surface area contributed by atoms with E-state index in [-0.39, 0.29) is 16.8 Å². The fourth-order valence-electron chi connectivity index (χ4n) is 2.94. The molecule has 1 aromatic heterocycles. The minimum Gasteiger partial charge on any atom is -0.375 e. The van der Waals surface area contributed by atoms with Gasteiger partial charge >= 0.3 is 0 Å². The van der Waals surface area contributed by atoms with E-state index in [4.69, 9.17) is 5.26 Å². The minimum absolute atomic E-state index is 0.0720. The van der Waals surface area contributed by atoms with E-state index in [2.05, 4.69) is 4.98 Å². The van der Waals surface area contributed by atoms with Crippen LogP contribution in [0.5, 0.6) is 0 Å². The first kappa shape index (κ1) is 16.7. The smallest absolute Gasteiger partial charge is 0.207 e. The van der Waals surface area contributed by atoms with Gasteiger partial charge in [0.2, 0.25) is 5.43 Å². The third-order valence-electron chi connectivity index (χ3n) is 4.07. The number of benzene rings is 2. The van der Waals surface area contributed by atoms with Crippen molar-refractivity contribution in [3.8, 4) is 6.07 Å². The summed E-state index contributed by atoms with van der Waals surface area (Å²) in [5.74, 6) is -0.900. The monoisotopic (exact) mass is 339 g/mol. The molecular formula is C19H15F2N3O. The second kappa shape index (κ2) is 6.36. The summed E-state index contributed by atoms with van der Waals surface area (Å²) in [4.78, 5) is 16.9. The van der Waals surface area contributed by atoms with E-state index in [0.29, 0.717) is 23.2 Å². The van der Waals surface area contributed by atoms with Gasteiger partial charge in [0.25, 0.3) is 0 Å². The van der Waals surface area contributed by atoms with Crippen LogP contribution in [0.15, 0.2) is 41.3 Å². The number of hydrogen-bond donors (Lipinski definition) is 1. The fraction of sp³-hybridized carbons (Fsp3) is 0.158. The SMILES string of the molecule is CN(C)c1c(F)cc2c(=O)c(C#N)c[nH]c2c1Cc1ccc(F)cc1. The molecule has 0 saturated carbocycles. The molecule has 0 atom stereocenters. The van der Waals surface area contributed by atoms with Gasteiger partial charge in [0.15, 0.2) is 0 Å². The van der Waals surface area contributed by atoms with Crippen molar-refractivity contribution >= 4 is 16.6 Å². The molecule has 3 aromatic rings. The van der Waals surface area contributed by atoms with Gasteiger partial charge in [-0.25, -0.2) is 8.78 Å². The number of rotatable bonds is 3. The van der Waals surface area contributed by atoms with E-state index < -0.39 is 11.2 Å². The van der Waals surface area contributed by atoms with E-state index in [9.17, 15) is 13.6 Å². The van der Waals surface area contributed by atoms with E-state index in [1.807, 2.05) is 0 Å². The lowest BCUT2D eigenvalue weighted by atomic mass is 9.98. The first-order chi connectivity index (χ1) is 11.9. The molecule has 0 fully saturated rings. The Labute approximate surface area is 142 Å². The van der Waals surface area contributed by atoms with Crippen LogP contribution in [0.2, 0.25) is 0 Å². The maximum Gasteiger partial charge on any atom is 0.207 e. The minimum atomic E-state index is -0.546. The molecule has 1 heterocycles. The van der Waals surface area contributed by atoms with Crippen LogP contribution in [0.25, 0.3) is 10.9 Å². The normalized spacial score (nSPS) is 10.7. The van der Waals surface area contributed by atoms with Crippen LogP contribution in [-0.4, -0.2) is 19.1 Å². The molecule has 3 rings (SSSR count). The standard InChI is InChI=1S/C19H15F2N3O/c1-24(2)18-14(7-11-3-5-13(20)6-4-11)17-15(8-16(18)21)19(25)12(9-22)10-23-17/h3-6,8,10H,7H2,1-2H3,(H,23,25). The first-order valence-electron chi connectivity index (χ1n) is 7.61. The molecule has 0 spiro atoms. The molecule has 1 N–H and O–H groups in total. The Morgan fingerprint density at radius 1 is 1.20 bits per heavy atom. The van der Waals surface area contributed by atoms with Gasteiger partial charge in [-0.05, 0) is 23.8 Å². The number of nitrogens with one attached hydrogen (secondary N) is 1. The van der Waals surface area contributed by atoms with Crippen LogP contribution >= 0.6 is 0 Å². The zero-order valence-electron chi connectivity index (χ0n) is 13.7. The van der Waals surface area contributed by atoms with Gasteiger partial charge in [-0.3, -0.25) is 4.79 Å². The molecular weight excluding hydrogens is 324 g/mol. The lowest BCUT2D eigenvalue weighted by Gasteiger charge is -2.20. The molecule has 2 aromatic carbocycles. The number of nitriles is 1. The van der Waals surface area contributed by atoms with E-state index in [1.54, 1.807) is 37.2 Å². The van der Waals surface area contributed by atoms with Crippen LogP contribution < -0.4 is 10.3 Å². The topological polar surface area (TPSA) is 59.9 Å². The maximum absolute atomic E-state index is 14.7. The maximum atomic E-state index is 14.7. The number of nitrogens with zero attached hydrogens (tertiary/aromatic N) is 2. The molecule has 0 radical (unpaired) electrons. The van der Waals surface area contributed by atoms with Crippen molar-refractivity contribution in [3.63, 3.8) is 0 Å². The number of anilines is 1. The van der Waals surface area contributed by atoms with Gasteiger partial charge in [0, 0.05) is 32.3 Å². The Bertz CT molecular complexity index is 1050. The lowest BCUT2D eigenvalue weighted by Crippen LogP contribution is -2.17. The summed E-state index contributed by atoms with van der Waals surface area (Å²) in [5.41, 5.74) is 1.59. The van der Waals surface area contributed by atoms with Crippen molar-refractivity contribution < 1.29 is 8.78 Å². The predicted octanol–water partition coefficient (Wildman–Crippen LogP) is 3.33. The summed E-state index contributed by atoms with van der Waals surface area (Å²) in [6.07, 6.45) is 1.64. The van der Waals surface area contributed by atoms with Crippen molar-refractivity contribution in [2.75, 3.05) is 19.0 Å². The number of H-pyrrole nitrogens is 1. The second-order valence-electron chi connectivity index (χ2n) is 5.95. The Morgan fingerprint density at radius 3 is 2.48 bits per heavy atom. The van der Waals surface area contributed by atoms with Crippen LogP contribution in [0.3, 0.4) is 0 Å². The van der Waals surface area contributed by atoms with Crippen molar-refractivity contribution in [1.29, 1.82) is 5.26 Å². The predicted molar refractivity (Wildman–Crippen MR) is 92.8 cm³/mol. The molecule has 0 aliphatic heterocycles. The molecule has 0 aliphatic rings. The molecule has 126 valence electrons. The zero-order chi connectivity index (χ0) is 18.1. The van der Waals surface area contributed by atoms with Crippen molar-refractivity contribution in [3.05, 3.63) is 75.1 Å². The van der Waals surface area contributed by atoms with Gasteiger partial charge in [-0.2, -0.15) is 5.26 Å². The van der Waals surface area contributed by atoms with Crippen LogP contribution in [0.1, 0.15) is 16.7 Å². The Kier molecular flexibility index (Phi) is 4.24. The second-order valence-corrected chi connectivity index (χ2v) is 5.95. The van der Waals surface area contributed by atoms with Crippen molar-refractivity contribution in [2.45, 2.75) is 6.42 Å². The molecule has 0 amide bonds. The lowest BCUT2D eigenvalue weighted by molar-refractivity contribution is 0.625. The zero-order valence-corrected chi connectivity index (χ0v) is 13.7. The Balaban J connectivity index is 2.31. The average Bonchev–Trinajstić information content (AvgIpc) is 2.57. The van der Waals surface area contributed by atoms with Crippen molar-refractivity contribution in [2.24, 2.45) is 0 Å². The molecule has 6 heteroatoms. The number of fused-ring (bicyclic) bond motifs is 1. The van der Waals surface area contributed by atoms with Gasteiger partial charge < -0.3 is 9.88 Å². The van der Waals surface area contributed by atoms with E-state index in [0.717, 1.165) is 11.6 Å². The highest BCUT2D eigenvalue weighted by molar-refractivity contribution is 5.88. The molecule has 0 aliphatic carbocycles. The van der Waals surface area contributed by atoms with Crippen LogP contribution in [0, 0.1) is 23.0 Å². The fourth-order valence-corrected chi connectivity index (χ4v) is 2.94. The first-order valence-corrected chi connectivity index (χ1v) is 7.61. The summed E-state index contributed by atoms with van der Waals surface area (Å²) >= 11 is 0. The quantitative estimate of drug-likeness (QED) is 0.796. The summed E-state index contributed by atoms with van der Waals surface area (Å²) in [6.45, 7) is 0. The number of hydrogen-bond acceptors (Lipinski definition) is 3. The number of aromatic nitrogens is 1. The number of pyridine rings is 1. The third-order valence-corrected chi connectivity index (χ3v) is 4.07. The van der Waals surface area contributed by atoms with Crippen LogP contribution in [-0.2, 0) is 6.42 Å².